The van der Waals surface area contributed by atoms with Crippen molar-refractivity contribution in [3.63, 3.8) is 0 Å². The fourth-order valence-corrected chi connectivity index (χ4v) is 4.54. The average Bonchev–Trinajstić information content (AvgIpc) is 3.29. The third-order valence-electron chi connectivity index (χ3n) is 4.73. The van der Waals surface area contributed by atoms with Gasteiger partial charge in [-0.05, 0) is 24.5 Å². The number of thioether (sulfide) groups is 1. The van der Waals surface area contributed by atoms with Gasteiger partial charge in [0.15, 0.2) is 0 Å². The van der Waals surface area contributed by atoms with Crippen molar-refractivity contribution >= 4 is 35.5 Å². The van der Waals surface area contributed by atoms with Gasteiger partial charge in [0.05, 0.1) is 6.61 Å². The van der Waals surface area contributed by atoms with Crippen LogP contribution in [0.25, 0.3) is 0 Å². The highest BCUT2D eigenvalue weighted by atomic mass is 32.2. The van der Waals surface area contributed by atoms with Crippen LogP contribution in [0.15, 0.2) is 12.3 Å². The van der Waals surface area contributed by atoms with Crippen LogP contribution >= 0.6 is 11.8 Å². The number of carbonyl (C=O) groups is 4. The molecule has 12 heteroatoms. The van der Waals surface area contributed by atoms with Gasteiger partial charge in [-0.25, -0.2) is 0 Å². The van der Waals surface area contributed by atoms with Crippen LogP contribution in [0.2, 0.25) is 0 Å². The molecule has 1 aliphatic heterocycles. The third-order valence-corrected chi connectivity index (χ3v) is 6.12. The second-order valence-corrected chi connectivity index (χ2v) is 8.14. The Morgan fingerprint density at radius 2 is 2.03 bits per heavy atom. The molecule has 0 fully saturated rings. The van der Waals surface area contributed by atoms with E-state index in [0.717, 1.165) is 24.2 Å². The summed E-state index contributed by atoms with van der Waals surface area (Å²) in [6.45, 7) is 0.103. The van der Waals surface area contributed by atoms with Crippen LogP contribution in [0.3, 0.4) is 0 Å². The van der Waals surface area contributed by atoms with Gasteiger partial charge in [0.1, 0.15) is 18.6 Å². The molecule has 1 aromatic heterocycles. The molecule has 11 nitrogen and oxygen atoms in total. The van der Waals surface area contributed by atoms with E-state index in [1.165, 1.54) is 11.8 Å². The van der Waals surface area contributed by atoms with Crippen LogP contribution in [-0.2, 0) is 32.3 Å². The van der Waals surface area contributed by atoms with Gasteiger partial charge in [-0.3, -0.25) is 19.2 Å². The number of aliphatic carboxylic acids is 2. The molecule has 0 saturated carbocycles. The number of aryl methyl sites for hydroxylation is 1. The first-order chi connectivity index (χ1) is 14.2. The molecular weight excluding hydrogens is 416 g/mol. The zero-order valence-electron chi connectivity index (χ0n) is 16.2. The van der Waals surface area contributed by atoms with E-state index in [9.17, 15) is 24.3 Å². The molecule has 2 amide bonds. The van der Waals surface area contributed by atoms with Crippen molar-refractivity contribution in [2.75, 3.05) is 12.3 Å². The molecule has 3 atom stereocenters. The van der Waals surface area contributed by atoms with Crippen molar-refractivity contribution in [3.05, 3.63) is 23.5 Å². The second kappa shape index (κ2) is 11.0. The molecule has 0 aromatic carbocycles. The number of carboxylic acid groups (broad SMARTS) is 2. The lowest BCUT2D eigenvalue weighted by Gasteiger charge is -2.20. The van der Waals surface area contributed by atoms with Gasteiger partial charge in [-0.2, -0.15) is 0 Å². The van der Waals surface area contributed by atoms with E-state index < -0.39 is 42.4 Å². The largest absolute Gasteiger partial charge is 0.480 e. The molecule has 2 heterocycles. The Labute approximate surface area is 177 Å². The van der Waals surface area contributed by atoms with E-state index in [1.807, 2.05) is 16.8 Å². The Hall–Kier alpha value is -2.57. The number of fused-ring (bicyclic) bond motifs is 1. The van der Waals surface area contributed by atoms with Crippen LogP contribution in [0.1, 0.15) is 35.8 Å². The smallest absolute Gasteiger partial charge is 0.322 e. The first-order valence-corrected chi connectivity index (χ1v) is 10.5. The van der Waals surface area contributed by atoms with E-state index >= 15 is 0 Å². The SMILES string of the molecule is N[C@@H](CCC(=O)N[C@@H](CS[C@@H]1CCn2ccc(CO)c21)C(=O)NCC(=O)O)C(=O)O. The molecule has 0 radical (unpaired) electrons. The quantitative estimate of drug-likeness (QED) is 0.237. The zero-order valence-corrected chi connectivity index (χ0v) is 17.1. The fraction of sp³-hybridized carbons (Fsp3) is 0.556. The highest BCUT2D eigenvalue weighted by Crippen LogP contribution is 2.40. The van der Waals surface area contributed by atoms with Gasteiger partial charge in [0.2, 0.25) is 11.8 Å². The maximum Gasteiger partial charge on any atom is 0.322 e. The number of nitrogens with zero attached hydrogens (tertiary/aromatic N) is 1. The van der Waals surface area contributed by atoms with Gasteiger partial charge in [0, 0.05) is 35.9 Å². The molecule has 1 aliphatic rings. The summed E-state index contributed by atoms with van der Waals surface area (Å²) in [5, 5.41) is 31.9. The van der Waals surface area contributed by atoms with Crippen molar-refractivity contribution in [3.8, 4) is 0 Å². The number of hydrogen-bond acceptors (Lipinski definition) is 7. The fourth-order valence-electron chi connectivity index (χ4n) is 3.16. The number of nitrogens with one attached hydrogen (secondary N) is 2. The van der Waals surface area contributed by atoms with Crippen molar-refractivity contribution < 1.29 is 34.5 Å². The number of carbonyl (C=O) groups excluding carboxylic acids is 2. The Morgan fingerprint density at radius 3 is 2.67 bits per heavy atom. The Morgan fingerprint density at radius 1 is 1.30 bits per heavy atom. The minimum Gasteiger partial charge on any atom is -0.480 e. The molecule has 0 spiro atoms. The number of hydrogen-bond donors (Lipinski definition) is 6. The predicted molar refractivity (Wildman–Crippen MR) is 108 cm³/mol. The van der Waals surface area contributed by atoms with Crippen molar-refractivity contribution in [2.45, 2.75) is 49.7 Å². The molecule has 1 aromatic rings. The number of carboxylic acids is 2. The number of amides is 2. The lowest BCUT2D eigenvalue weighted by atomic mass is 10.1. The summed E-state index contributed by atoms with van der Waals surface area (Å²) in [5.41, 5.74) is 7.18. The Bertz CT molecular complexity index is 797. The molecule has 0 bridgehead atoms. The van der Waals surface area contributed by atoms with Gasteiger partial charge in [-0.15, -0.1) is 11.8 Å². The molecule has 7 N–H and O–H groups in total. The lowest BCUT2D eigenvalue weighted by Crippen LogP contribution is -2.49. The average molecular weight is 442 g/mol. The molecule has 166 valence electrons. The van der Waals surface area contributed by atoms with Crippen LogP contribution in [0.4, 0.5) is 0 Å². The predicted octanol–water partition coefficient (Wildman–Crippen LogP) is -0.964. The van der Waals surface area contributed by atoms with Crippen LogP contribution in [0.5, 0.6) is 0 Å². The zero-order chi connectivity index (χ0) is 22.3. The first-order valence-electron chi connectivity index (χ1n) is 9.40. The summed E-state index contributed by atoms with van der Waals surface area (Å²) >= 11 is 1.43. The summed E-state index contributed by atoms with van der Waals surface area (Å²) in [4.78, 5) is 46.1. The highest BCUT2D eigenvalue weighted by Gasteiger charge is 2.29. The lowest BCUT2D eigenvalue weighted by molar-refractivity contribution is -0.139. The van der Waals surface area contributed by atoms with Crippen LogP contribution < -0.4 is 16.4 Å². The van der Waals surface area contributed by atoms with E-state index in [2.05, 4.69) is 10.6 Å². The van der Waals surface area contributed by atoms with Crippen molar-refractivity contribution in [1.29, 1.82) is 0 Å². The van der Waals surface area contributed by atoms with Crippen molar-refractivity contribution in [2.24, 2.45) is 5.73 Å². The second-order valence-electron chi connectivity index (χ2n) is 6.90. The standard InChI is InChI=1S/C18H26N4O7S/c19-11(18(28)29)1-2-14(24)21-12(17(27)20-7-15(25)26)9-30-13-4-6-22-5-3-10(8-23)16(13)22/h3,5,11-13,23H,1-2,4,6-9,19H2,(H,20,27)(H,21,24)(H,25,26)(H,28,29)/t11-,12-,13+/m0/s1. The van der Waals surface area contributed by atoms with Gasteiger partial charge in [0.25, 0.3) is 0 Å². The Kier molecular flexibility index (Phi) is 8.69. The van der Waals surface area contributed by atoms with Gasteiger partial charge >= 0.3 is 11.9 Å². The summed E-state index contributed by atoms with van der Waals surface area (Å²) in [7, 11) is 0. The van der Waals surface area contributed by atoms with Gasteiger partial charge < -0.3 is 36.3 Å². The molecule has 0 saturated heterocycles. The maximum atomic E-state index is 12.4. The number of rotatable bonds is 12. The number of nitrogens with two attached hydrogens (primary N) is 1. The molecule has 0 unspecified atom stereocenters. The maximum absolute atomic E-state index is 12.4. The number of aromatic nitrogens is 1. The van der Waals surface area contributed by atoms with E-state index in [4.69, 9.17) is 15.9 Å². The molecular formula is C18H26N4O7S. The topological polar surface area (TPSA) is 184 Å². The Balaban J connectivity index is 1.99. The normalized spacial score (nSPS) is 17.1. The molecule has 0 aliphatic carbocycles. The number of aliphatic hydroxyl groups excluding tert-OH is 1. The highest BCUT2D eigenvalue weighted by molar-refractivity contribution is 7.99. The first kappa shape index (κ1) is 23.7. The summed E-state index contributed by atoms with van der Waals surface area (Å²) in [6.07, 6.45) is 2.43. The molecule has 30 heavy (non-hydrogen) atoms. The van der Waals surface area contributed by atoms with Gasteiger partial charge in [-0.1, -0.05) is 0 Å². The number of aliphatic hydroxyl groups is 1. The van der Waals surface area contributed by atoms with Crippen molar-refractivity contribution in [1.82, 2.24) is 15.2 Å². The van der Waals surface area contributed by atoms with E-state index in [-0.39, 0.29) is 30.5 Å². The summed E-state index contributed by atoms with van der Waals surface area (Å²) < 4.78 is 2.04. The summed E-state index contributed by atoms with van der Waals surface area (Å²) in [6, 6.07) is -0.343. The monoisotopic (exact) mass is 442 g/mol. The van der Waals surface area contributed by atoms with E-state index in [0.29, 0.717) is 0 Å². The van der Waals surface area contributed by atoms with Crippen LogP contribution in [-0.4, -0.2) is 68.0 Å². The third kappa shape index (κ3) is 6.47. The minimum atomic E-state index is -1.22. The molecule has 2 rings (SSSR count). The van der Waals surface area contributed by atoms with E-state index in [1.54, 1.807) is 0 Å². The summed E-state index contributed by atoms with van der Waals surface area (Å²) in [5.74, 6) is -3.44. The minimum absolute atomic E-state index is 0.0225. The van der Waals surface area contributed by atoms with Crippen LogP contribution in [0, 0.1) is 0 Å².